The first kappa shape index (κ1) is 16.8. The van der Waals surface area contributed by atoms with Gasteiger partial charge in [0.1, 0.15) is 0 Å². The van der Waals surface area contributed by atoms with Crippen molar-refractivity contribution in [2.75, 3.05) is 46.4 Å². The van der Waals surface area contributed by atoms with Crippen molar-refractivity contribution < 1.29 is 9.53 Å². The molecule has 1 aliphatic heterocycles. The number of urea groups is 1. The van der Waals surface area contributed by atoms with Crippen molar-refractivity contribution >= 4 is 16.9 Å². The number of piperazine rings is 1. The Hall–Kier alpha value is -2.05. The molecule has 2 heterocycles. The summed E-state index contributed by atoms with van der Waals surface area (Å²) in [5.74, 6) is 0. The fraction of sp³-hybridized carbons (Fsp3) is 0.500. The summed E-state index contributed by atoms with van der Waals surface area (Å²) in [5, 5.41) is 4.28. The van der Waals surface area contributed by atoms with Gasteiger partial charge in [-0.25, -0.2) is 4.79 Å². The summed E-state index contributed by atoms with van der Waals surface area (Å²) in [7, 11) is 1.72. The number of nitrogens with one attached hydrogen (secondary N) is 2. The maximum Gasteiger partial charge on any atom is 0.317 e. The smallest absolute Gasteiger partial charge is 0.317 e. The summed E-state index contributed by atoms with van der Waals surface area (Å²) in [6.45, 7) is 7.03. The van der Waals surface area contributed by atoms with Crippen LogP contribution in [0.5, 0.6) is 0 Å². The summed E-state index contributed by atoms with van der Waals surface area (Å²) >= 11 is 0. The number of hydrogen-bond acceptors (Lipinski definition) is 3. The second kappa shape index (κ2) is 7.68. The zero-order valence-electron chi connectivity index (χ0n) is 14.4. The first-order chi connectivity index (χ1) is 11.7. The first-order valence-electron chi connectivity index (χ1n) is 8.51. The van der Waals surface area contributed by atoms with Crippen molar-refractivity contribution in [2.45, 2.75) is 13.0 Å². The molecular weight excluding hydrogens is 304 g/mol. The Labute approximate surface area is 142 Å². The van der Waals surface area contributed by atoms with Crippen LogP contribution in [0.25, 0.3) is 10.9 Å². The number of amides is 2. The zero-order valence-corrected chi connectivity index (χ0v) is 14.4. The van der Waals surface area contributed by atoms with Crippen LogP contribution in [0.3, 0.4) is 0 Å². The van der Waals surface area contributed by atoms with Gasteiger partial charge in [0.05, 0.1) is 12.6 Å². The van der Waals surface area contributed by atoms with Crippen LogP contribution in [0.1, 0.15) is 18.5 Å². The van der Waals surface area contributed by atoms with Crippen molar-refractivity contribution in [1.29, 1.82) is 0 Å². The third-order valence-corrected chi connectivity index (χ3v) is 4.69. The van der Waals surface area contributed by atoms with Crippen LogP contribution in [0.15, 0.2) is 30.5 Å². The molecule has 0 saturated carbocycles. The predicted molar refractivity (Wildman–Crippen MR) is 95.1 cm³/mol. The number of fused-ring (bicyclic) bond motifs is 1. The summed E-state index contributed by atoms with van der Waals surface area (Å²) in [6.07, 6.45) is 1.93. The number of aromatic amines is 1. The van der Waals surface area contributed by atoms with Crippen LogP contribution in [0.2, 0.25) is 0 Å². The average molecular weight is 330 g/mol. The molecule has 1 fully saturated rings. The molecule has 1 saturated heterocycles. The first-order valence-corrected chi connectivity index (χ1v) is 8.51. The van der Waals surface area contributed by atoms with E-state index in [0.29, 0.717) is 0 Å². The van der Waals surface area contributed by atoms with E-state index in [4.69, 9.17) is 4.74 Å². The topological polar surface area (TPSA) is 60.6 Å². The van der Waals surface area contributed by atoms with Gasteiger partial charge in [-0.1, -0.05) is 6.07 Å². The van der Waals surface area contributed by atoms with E-state index >= 15 is 0 Å². The van der Waals surface area contributed by atoms with Crippen molar-refractivity contribution in [3.8, 4) is 0 Å². The third kappa shape index (κ3) is 3.88. The fourth-order valence-corrected chi connectivity index (χ4v) is 3.10. The molecule has 6 nitrogen and oxygen atoms in total. The number of carbonyl (C=O) groups excluding carboxylic acids is 1. The number of H-pyrrole nitrogens is 1. The molecule has 0 unspecified atom stereocenters. The average Bonchev–Trinajstić information content (AvgIpc) is 3.08. The quantitative estimate of drug-likeness (QED) is 0.883. The molecule has 3 rings (SSSR count). The van der Waals surface area contributed by atoms with Gasteiger partial charge >= 0.3 is 6.03 Å². The van der Waals surface area contributed by atoms with E-state index in [2.05, 4.69) is 33.4 Å². The monoisotopic (exact) mass is 330 g/mol. The molecule has 130 valence electrons. The van der Waals surface area contributed by atoms with Crippen LogP contribution < -0.4 is 5.32 Å². The van der Waals surface area contributed by atoms with Crippen molar-refractivity contribution in [1.82, 2.24) is 20.1 Å². The maximum atomic E-state index is 12.5. The number of rotatable bonds is 5. The van der Waals surface area contributed by atoms with Crippen molar-refractivity contribution in [2.24, 2.45) is 0 Å². The Morgan fingerprint density at radius 3 is 2.83 bits per heavy atom. The van der Waals surface area contributed by atoms with Crippen molar-refractivity contribution in [3.63, 3.8) is 0 Å². The van der Waals surface area contributed by atoms with Gasteiger partial charge in [-0.3, -0.25) is 4.90 Å². The summed E-state index contributed by atoms with van der Waals surface area (Å²) in [5.41, 5.74) is 2.23. The highest BCUT2D eigenvalue weighted by atomic mass is 16.5. The number of benzene rings is 1. The van der Waals surface area contributed by atoms with Gasteiger partial charge in [0.15, 0.2) is 0 Å². The lowest BCUT2D eigenvalue weighted by Crippen LogP contribution is -2.52. The molecular formula is C18H26N4O2. The van der Waals surface area contributed by atoms with E-state index < -0.39 is 0 Å². The fourth-order valence-electron chi connectivity index (χ4n) is 3.10. The third-order valence-electron chi connectivity index (χ3n) is 4.69. The maximum absolute atomic E-state index is 12.5. The Bertz CT molecular complexity index is 676. The molecule has 0 aliphatic carbocycles. The minimum absolute atomic E-state index is 0.0108. The van der Waals surface area contributed by atoms with Gasteiger partial charge in [0, 0.05) is 51.5 Å². The van der Waals surface area contributed by atoms with Crippen LogP contribution in [-0.2, 0) is 4.74 Å². The van der Waals surface area contributed by atoms with Crippen LogP contribution in [0.4, 0.5) is 4.79 Å². The Morgan fingerprint density at radius 2 is 2.08 bits per heavy atom. The number of carbonyl (C=O) groups is 1. The molecule has 24 heavy (non-hydrogen) atoms. The Morgan fingerprint density at radius 1 is 1.29 bits per heavy atom. The van der Waals surface area contributed by atoms with Crippen LogP contribution in [0, 0.1) is 0 Å². The molecule has 1 atom stereocenters. The number of ether oxygens (including phenoxy) is 1. The highest BCUT2D eigenvalue weighted by molar-refractivity contribution is 5.80. The zero-order chi connectivity index (χ0) is 16.9. The Kier molecular flexibility index (Phi) is 5.37. The predicted octanol–water partition coefficient (Wildman–Crippen LogP) is 2.20. The molecule has 0 spiro atoms. The van der Waals surface area contributed by atoms with Gasteiger partial charge < -0.3 is 19.9 Å². The Balaban J connectivity index is 1.52. The SMILES string of the molecule is COCCN1CCN(C(=O)N[C@@H](C)c2ccc3[nH]ccc3c2)CC1. The van der Waals surface area contributed by atoms with Crippen molar-refractivity contribution in [3.05, 3.63) is 36.0 Å². The van der Waals surface area contributed by atoms with E-state index in [1.807, 2.05) is 24.1 Å². The molecule has 0 bridgehead atoms. The summed E-state index contributed by atoms with van der Waals surface area (Å²) in [4.78, 5) is 19.9. The second-order valence-electron chi connectivity index (χ2n) is 6.32. The number of nitrogens with zero attached hydrogens (tertiary/aromatic N) is 2. The second-order valence-corrected chi connectivity index (χ2v) is 6.32. The minimum atomic E-state index is -0.0108. The molecule has 2 N–H and O–H groups in total. The number of aromatic nitrogens is 1. The molecule has 2 amide bonds. The van der Waals surface area contributed by atoms with Crippen LogP contribution >= 0.6 is 0 Å². The molecule has 0 radical (unpaired) electrons. The standard InChI is InChI=1S/C18H26N4O2/c1-14(15-3-4-17-16(13-15)5-6-19-17)20-18(23)22-9-7-21(8-10-22)11-12-24-2/h3-6,13-14,19H,7-12H2,1-2H3,(H,20,23)/t14-/m0/s1. The van der Waals surface area contributed by atoms with Gasteiger partial charge in [-0.05, 0) is 36.1 Å². The van der Waals surface area contributed by atoms with E-state index in [9.17, 15) is 4.79 Å². The van der Waals surface area contributed by atoms with E-state index in [-0.39, 0.29) is 12.1 Å². The highest BCUT2D eigenvalue weighted by Crippen LogP contribution is 2.19. The van der Waals surface area contributed by atoms with E-state index in [1.165, 1.54) is 5.39 Å². The lowest BCUT2D eigenvalue weighted by atomic mass is 10.1. The molecule has 2 aromatic rings. The summed E-state index contributed by atoms with van der Waals surface area (Å²) in [6, 6.07) is 8.30. The van der Waals surface area contributed by atoms with Gasteiger partial charge in [0.2, 0.25) is 0 Å². The molecule has 1 aliphatic rings. The van der Waals surface area contributed by atoms with Gasteiger partial charge in [-0.15, -0.1) is 0 Å². The summed E-state index contributed by atoms with van der Waals surface area (Å²) < 4.78 is 5.11. The lowest BCUT2D eigenvalue weighted by Gasteiger charge is -2.35. The molecule has 1 aromatic heterocycles. The van der Waals surface area contributed by atoms with Gasteiger partial charge in [0.25, 0.3) is 0 Å². The largest absolute Gasteiger partial charge is 0.383 e. The highest BCUT2D eigenvalue weighted by Gasteiger charge is 2.22. The number of methoxy groups -OCH3 is 1. The molecule has 1 aromatic carbocycles. The lowest BCUT2D eigenvalue weighted by molar-refractivity contribution is 0.105. The van der Waals surface area contributed by atoms with Crippen LogP contribution in [-0.4, -0.2) is 67.3 Å². The molecule has 6 heteroatoms. The normalized spacial score (nSPS) is 17.2. The number of hydrogen-bond donors (Lipinski definition) is 2. The van der Waals surface area contributed by atoms with Gasteiger partial charge in [-0.2, -0.15) is 0 Å². The van der Waals surface area contributed by atoms with E-state index in [1.54, 1.807) is 7.11 Å². The van der Waals surface area contributed by atoms with E-state index in [0.717, 1.165) is 50.4 Å². The minimum Gasteiger partial charge on any atom is -0.383 e.